The Morgan fingerprint density at radius 3 is 2.58 bits per heavy atom. The van der Waals surface area contributed by atoms with Gasteiger partial charge in [0.1, 0.15) is 16.2 Å². The van der Waals surface area contributed by atoms with E-state index in [1.807, 2.05) is 0 Å². The molecule has 7 nitrogen and oxygen atoms in total. The third kappa shape index (κ3) is 5.84. The third-order valence-electron chi connectivity index (χ3n) is 7.86. The first-order valence-corrected chi connectivity index (χ1v) is 16.5. The molecule has 38 heavy (non-hydrogen) atoms. The molecule has 3 aliphatic rings. The molecule has 2 aliphatic carbocycles. The molecule has 10 heteroatoms. The topological polar surface area (TPSA) is 95.8 Å². The number of nitrogens with zero attached hydrogens (tertiary/aromatic N) is 4. The molecule has 0 aromatic carbocycles. The van der Waals surface area contributed by atoms with Gasteiger partial charge in [0.15, 0.2) is 9.99 Å². The molecular weight excluding hydrogens is 537 g/mol. The van der Waals surface area contributed by atoms with Crippen molar-refractivity contribution in [2.24, 2.45) is 22.2 Å². The standard InChI is InChI=1S/C28H36N4O3S3/c1-18-11-13-32(14-12-18)38(34,35)21-8-6-20(7-9-21)31-24(33)16-36-26-25-22-10-5-19(28(2,3)4)15-23(22)37-27(25)30-17-29-26/h6-9,17-19H,5,10-16H2,1-4H3,(H,34,35)/t19-/m0/s1. The van der Waals surface area contributed by atoms with E-state index in [1.54, 1.807) is 46.3 Å². The fraction of sp³-hybridized carbons (Fsp3) is 0.536. The number of allylic oxidation sites excluding steroid dienone is 4. The summed E-state index contributed by atoms with van der Waals surface area (Å²) in [4.78, 5) is 28.8. The molecule has 204 valence electrons. The maximum absolute atomic E-state index is 13.1. The van der Waals surface area contributed by atoms with Crippen molar-refractivity contribution < 1.29 is 13.6 Å². The van der Waals surface area contributed by atoms with Crippen molar-refractivity contribution in [2.75, 3.05) is 18.8 Å². The SMILES string of the molecule is CC1CCN(S(=O)(O)=C2C=CC(=NC(=O)CSc3ncnc4sc5c(c34)CC[C@H](C(C)(C)C)C5)C=C2)CC1. The molecule has 2 atom stereocenters. The van der Waals surface area contributed by atoms with Crippen LogP contribution >= 0.6 is 23.1 Å². The Balaban J connectivity index is 1.26. The fourth-order valence-electron chi connectivity index (χ4n) is 5.32. The molecular formula is C28H36N4O3S3. The van der Waals surface area contributed by atoms with Crippen molar-refractivity contribution in [3.05, 3.63) is 41.1 Å². The van der Waals surface area contributed by atoms with Gasteiger partial charge in [-0.05, 0) is 79.2 Å². The Bertz CT molecular complexity index is 1430. The van der Waals surface area contributed by atoms with Gasteiger partial charge in [0.25, 0.3) is 5.91 Å². The van der Waals surface area contributed by atoms with Crippen molar-refractivity contribution in [1.29, 1.82) is 0 Å². The highest BCUT2D eigenvalue weighted by atomic mass is 32.2. The number of thioether (sulfide) groups is 1. The van der Waals surface area contributed by atoms with Crippen molar-refractivity contribution >= 4 is 59.8 Å². The molecule has 3 heterocycles. The summed E-state index contributed by atoms with van der Waals surface area (Å²) in [7, 11) is -3.27. The number of hydrogen-bond donors (Lipinski definition) is 1. The Hall–Kier alpha value is -1.85. The van der Waals surface area contributed by atoms with Gasteiger partial charge in [-0.25, -0.2) is 23.5 Å². The summed E-state index contributed by atoms with van der Waals surface area (Å²) in [5.74, 6) is 1.14. The lowest BCUT2D eigenvalue weighted by molar-refractivity contribution is -0.115. The number of piperidine rings is 1. The van der Waals surface area contributed by atoms with Gasteiger partial charge in [0.05, 0.1) is 16.3 Å². The van der Waals surface area contributed by atoms with E-state index in [4.69, 9.17) is 0 Å². The number of thiophene rings is 1. The van der Waals surface area contributed by atoms with E-state index in [2.05, 4.69) is 42.7 Å². The van der Waals surface area contributed by atoms with Gasteiger partial charge in [0.2, 0.25) is 0 Å². The van der Waals surface area contributed by atoms with Crippen LogP contribution in [0, 0.1) is 17.3 Å². The molecule has 2 aromatic rings. The highest BCUT2D eigenvalue weighted by Gasteiger charge is 2.32. The second-order valence-electron chi connectivity index (χ2n) is 11.6. The number of aliphatic imine (C=N–C) groups is 1. The van der Waals surface area contributed by atoms with Crippen LogP contribution in [0.5, 0.6) is 0 Å². The molecule has 1 fully saturated rings. The van der Waals surface area contributed by atoms with Gasteiger partial charge in [-0.2, -0.15) is 0 Å². The minimum Gasteiger partial charge on any atom is -0.302 e. The highest BCUT2D eigenvalue weighted by Crippen LogP contribution is 2.44. The Labute approximate surface area is 233 Å². The van der Waals surface area contributed by atoms with Crippen molar-refractivity contribution in [1.82, 2.24) is 14.3 Å². The average Bonchev–Trinajstić information content (AvgIpc) is 3.26. The first kappa shape index (κ1) is 27.7. The summed E-state index contributed by atoms with van der Waals surface area (Å²) in [6.07, 6.45) is 13.2. The predicted octanol–water partition coefficient (Wildman–Crippen LogP) is 5.60. The van der Waals surface area contributed by atoms with Gasteiger partial charge in [-0.15, -0.1) is 11.3 Å². The second-order valence-corrected chi connectivity index (χ2v) is 15.6. The van der Waals surface area contributed by atoms with Gasteiger partial charge in [0, 0.05) is 23.4 Å². The summed E-state index contributed by atoms with van der Waals surface area (Å²) < 4.78 is 25.5. The molecule has 1 N–H and O–H groups in total. The van der Waals surface area contributed by atoms with Crippen molar-refractivity contribution in [3.8, 4) is 0 Å². The fourth-order valence-corrected chi connectivity index (χ4v) is 8.95. The molecule has 0 saturated carbocycles. The summed E-state index contributed by atoms with van der Waals surface area (Å²) in [5, 5.41) is 1.95. The normalized spacial score (nSPS) is 22.5. The highest BCUT2D eigenvalue weighted by molar-refractivity contribution is 8.00. The first-order chi connectivity index (χ1) is 18.0. The molecule has 1 saturated heterocycles. The van der Waals surface area contributed by atoms with Crippen LogP contribution in [0.2, 0.25) is 0 Å². The Morgan fingerprint density at radius 1 is 1.18 bits per heavy atom. The number of fused-ring (bicyclic) bond motifs is 3. The van der Waals surface area contributed by atoms with Crippen LogP contribution in [0.25, 0.3) is 10.2 Å². The van der Waals surface area contributed by atoms with Gasteiger partial charge in [-0.1, -0.05) is 39.5 Å². The lowest BCUT2D eigenvalue weighted by Crippen LogP contribution is -2.40. The van der Waals surface area contributed by atoms with Crippen LogP contribution in [-0.4, -0.2) is 58.4 Å². The summed E-state index contributed by atoms with van der Waals surface area (Å²) in [6, 6.07) is 0. The largest absolute Gasteiger partial charge is 0.302 e. The second kappa shape index (κ2) is 11.0. The molecule has 0 radical (unpaired) electrons. The number of aryl methyl sites for hydroxylation is 1. The predicted molar refractivity (Wildman–Crippen MR) is 160 cm³/mol. The van der Waals surface area contributed by atoms with E-state index in [1.165, 1.54) is 22.2 Å². The molecule has 0 bridgehead atoms. The van der Waals surface area contributed by atoms with Gasteiger partial charge >= 0.3 is 0 Å². The molecule has 1 amide bonds. The van der Waals surface area contributed by atoms with Crippen LogP contribution < -0.4 is 0 Å². The first-order valence-electron chi connectivity index (χ1n) is 13.3. The minimum atomic E-state index is -3.27. The number of carbonyl (C=O) groups excluding carboxylic acids is 1. The maximum Gasteiger partial charge on any atom is 0.256 e. The van der Waals surface area contributed by atoms with Crippen LogP contribution in [0.4, 0.5) is 0 Å². The molecule has 2 aromatic heterocycles. The molecule has 5 rings (SSSR count). The summed E-state index contributed by atoms with van der Waals surface area (Å²) in [5.41, 5.74) is 2.11. The lowest BCUT2D eigenvalue weighted by atomic mass is 9.72. The van der Waals surface area contributed by atoms with E-state index in [-0.39, 0.29) is 17.1 Å². The number of carbonyl (C=O) groups is 1. The van der Waals surface area contributed by atoms with E-state index in [9.17, 15) is 13.6 Å². The maximum atomic E-state index is 13.1. The van der Waals surface area contributed by atoms with Gasteiger partial charge < -0.3 is 4.55 Å². The zero-order chi connectivity index (χ0) is 27.1. The van der Waals surface area contributed by atoms with E-state index in [0.29, 0.717) is 35.5 Å². The van der Waals surface area contributed by atoms with Crippen molar-refractivity contribution in [3.63, 3.8) is 0 Å². The quantitative estimate of drug-likeness (QED) is 0.291. The molecule has 1 unspecified atom stereocenters. The Morgan fingerprint density at radius 2 is 1.89 bits per heavy atom. The number of aromatic nitrogens is 2. The Kier molecular flexibility index (Phi) is 7.99. The van der Waals surface area contributed by atoms with Crippen LogP contribution in [-0.2, 0) is 27.6 Å². The third-order valence-corrected chi connectivity index (χ3v) is 11.9. The van der Waals surface area contributed by atoms with Crippen LogP contribution in [0.3, 0.4) is 0 Å². The van der Waals surface area contributed by atoms with Crippen LogP contribution in [0.15, 0.2) is 40.6 Å². The summed E-state index contributed by atoms with van der Waals surface area (Å²) in [6.45, 7) is 10.3. The minimum absolute atomic E-state index is 0.172. The molecule has 1 aliphatic heterocycles. The van der Waals surface area contributed by atoms with Gasteiger partial charge in [-0.3, -0.25) is 4.79 Å². The zero-order valence-electron chi connectivity index (χ0n) is 22.5. The number of hydrogen-bond acceptors (Lipinski definition) is 6. The van der Waals surface area contributed by atoms with E-state index >= 15 is 0 Å². The number of rotatable bonds is 4. The van der Waals surface area contributed by atoms with Crippen molar-refractivity contribution in [2.45, 2.75) is 64.8 Å². The average molecular weight is 573 g/mol. The monoisotopic (exact) mass is 572 g/mol. The zero-order valence-corrected chi connectivity index (χ0v) is 24.9. The number of amides is 1. The van der Waals surface area contributed by atoms with Crippen LogP contribution in [0.1, 0.15) is 57.4 Å². The lowest BCUT2D eigenvalue weighted by Gasteiger charge is -2.33. The smallest absolute Gasteiger partial charge is 0.256 e. The van der Waals surface area contributed by atoms with E-state index < -0.39 is 9.99 Å². The summed E-state index contributed by atoms with van der Waals surface area (Å²) >= 11 is 3.17. The van der Waals surface area contributed by atoms with E-state index in [0.717, 1.165) is 47.3 Å². The molecule has 0 spiro atoms.